The molecule has 10 heteroatoms. The van der Waals surface area contributed by atoms with Crippen molar-refractivity contribution in [2.45, 2.75) is 12.8 Å². The number of halogens is 1. The van der Waals surface area contributed by atoms with Crippen molar-refractivity contribution in [1.29, 1.82) is 0 Å². The lowest BCUT2D eigenvalue weighted by Gasteiger charge is -2.15. The van der Waals surface area contributed by atoms with E-state index in [2.05, 4.69) is 25.1 Å². The van der Waals surface area contributed by atoms with Crippen LogP contribution in [0.2, 0.25) is 0 Å². The van der Waals surface area contributed by atoms with Crippen LogP contribution in [0.4, 0.5) is 4.39 Å². The minimum absolute atomic E-state index is 0.145. The molecule has 2 aromatic carbocycles. The Bertz CT molecular complexity index is 1820. The van der Waals surface area contributed by atoms with Gasteiger partial charge < -0.3 is 14.8 Å². The molecule has 4 aromatic heterocycles. The number of aromatic amines is 2. The first kappa shape index (κ1) is 24.2. The zero-order chi connectivity index (χ0) is 27.1. The van der Waals surface area contributed by atoms with E-state index in [9.17, 15) is 9.50 Å². The Kier molecular flexibility index (Phi) is 6.09. The number of benzene rings is 2. The van der Waals surface area contributed by atoms with Gasteiger partial charge in [-0.2, -0.15) is 5.10 Å². The largest absolute Gasteiger partial charge is 0.508 e. The molecule has 1 fully saturated rings. The Hall–Kier alpha value is -4.83. The van der Waals surface area contributed by atoms with Crippen molar-refractivity contribution in [1.82, 2.24) is 35.0 Å². The second kappa shape index (κ2) is 10.0. The summed E-state index contributed by atoms with van der Waals surface area (Å²) in [5, 5.41) is 17.5. The van der Waals surface area contributed by atoms with Gasteiger partial charge in [0.15, 0.2) is 11.5 Å². The highest BCUT2D eigenvalue weighted by Gasteiger charge is 2.18. The number of hydrogen-bond donors (Lipinski definition) is 3. The molecule has 200 valence electrons. The van der Waals surface area contributed by atoms with Gasteiger partial charge in [-0.1, -0.05) is 12.1 Å². The fourth-order valence-electron chi connectivity index (χ4n) is 5.27. The number of nitrogens with zero attached hydrogens (tertiary/aromatic N) is 5. The summed E-state index contributed by atoms with van der Waals surface area (Å²) in [4.78, 5) is 19.8. The number of nitrogens with one attached hydrogen (secondary N) is 2. The predicted molar refractivity (Wildman–Crippen MR) is 150 cm³/mol. The maximum atomic E-state index is 14.0. The number of likely N-dealkylation sites (tertiary alicyclic amines) is 1. The van der Waals surface area contributed by atoms with Crippen LogP contribution in [-0.4, -0.2) is 66.4 Å². The van der Waals surface area contributed by atoms with E-state index in [1.807, 2.05) is 36.4 Å². The normalized spacial score (nSPS) is 13.9. The second-order valence-corrected chi connectivity index (χ2v) is 9.96. The number of aromatic hydroxyl groups is 1. The van der Waals surface area contributed by atoms with Gasteiger partial charge in [0.25, 0.3) is 0 Å². The summed E-state index contributed by atoms with van der Waals surface area (Å²) in [5.74, 6) is 0.567. The van der Waals surface area contributed by atoms with Crippen molar-refractivity contribution in [2.75, 3.05) is 26.2 Å². The predicted octanol–water partition coefficient (Wildman–Crippen LogP) is 5.55. The number of imidazole rings is 1. The third kappa shape index (κ3) is 4.62. The minimum Gasteiger partial charge on any atom is -0.508 e. The number of aromatic nitrogens is 6. The van der Waals surface area contributed by atoms with Gasteiger partial charge in [0.05, 0.1) is 28.4 Å². The molecule has 1 saturated heterocycles. The van der Waals surface area contributed by atoms with Gasteiger partial charge in [-0.3, -0.25) is 15.0 Å². The molecule has 7 rings (SSSR count). The van der Waals surface area contributed by atoms with Gasteiger partial charge in [0.2, 0.25) is 0 Å². The molecule has 3 N–H and O–H groups in total. The number of fused-ring (bicyclic) bond motifs is 2. The molecule has 0 saturated carbocycles. The topological polar surface area (TPSA) is 116 Å². The van der Waals surface area contributed by atoms with Crippen molar-refractivity contribution in [2.24, 2.45) is 0 Å². The van der Waals surface area contributed by atoms with Gasteiger partial charge >= 0.3 is 0 Å². The molecule has 0 amide bonds. The lowest BCUT2D eigenvalue weighted by atomic mass is 10.0. The molecule has 6 aromatic rings. The van der Waals surface area contributed by atoms with Crippen molar-refractivity contribution in [3.63, 3.8) is 0 Å². The number of rotatable bonds is 7. The molecule has 1 aliphatic rings. The van der Waals surface area contributed by atoms with Crippen molar-refractivity contribution >= 4 is 22.1 Å². The van der Waals surface area contributed by atoms with Gasteiger partial charge in [-0.05, 0) is 67.9 Å². The van der Waals surface area contributed by atoms with Crippen LogP contribution in [0, 0.1) is 5.82 Å². The van der Waals surface area contributed by atoms with Crippen LogP contribution in [0.15, 0.2) is 67.0 Å². The lowest BCUT2D eigenvalue weighted by molar-refractivity contribution is 0.237. The van der Waals surface area contributed by atoms with Crippen LogP contribution in [0.25, 0.3) is 56.0 Å². The van der Waals surface area contributed by atoms with Crippen LogP contribution in [0.3, 0.4) is 0 Å². The number of phenols is 1. The Balaban J connectivity index is 1.21. The molecule has 1 aliphatic heterocycles. The minimum atomic E-state index is -0.520. The van der Waals surface area contributed by atoms with Crippen molar-refractivity contribution in [3.05, 3.63) is 72.8 Å². The van der Waals surface area contributed by atoms with E-state index >= 15 is 0 Å². The summed E-state index contributed by atoms with van der Waals surface area (Å²) in [6, 6.07) is 15.4. The first-order chi connectivity index (χ1) is 19.6. The summed E-state index contributed by atoms with van der Waals surface area (Å²) >= 11 is 0. The fraction of sp³-hybridized carbons (Fsp3) is 0.200. The quantitative estimate of drug-likeness (QED) is 0.245. The first-order valence-corrected chi connectivity index (χ1v) is 13.3. The Morgan fingerprint density at radius 3 is 2.70 bits per heavy atom. The number of H-pyrrole nitrogens is 2. The van der Waals surface area contributed by atoms with Gasteiger partial charge in [0, 0.05) is 29.9 Å². The SMILES string of the molecule is Oc1cc(F)cc(-c2cccc3[nH]c(-c4n[nH]c5ccc(-c6cncc(OCCN7CCCC7)c6)nc45)nc23)c1. The number of para-hydroxylation sites is 1. The smallest absolute Gasteiger partial charge is 0.161 e. The number of pyridine rings is 2. The molecule has 40 heavy (non-hydrogen) atoms. The van der Waals surface area contributed by atoms with E-state index in [1.54, 1.807) is 12.4 Å². The summed E-state index contributed by atoms with van der Waals surface area (Å²) in [6.07, 6.45) is 6.00. The van der Waals surface area contributed by atoms with Crippen LogP contribution < -0.4 is 4.74 Å². The van der Waals surface area contributed by atoms with E-state index in [0.29, 0.717) is 46.0 Å². The standard InChI is InChI=1S/C30H26FN7O2/c31-20-12-18(13-21(39)15-20)23-4-3-5-25-27(23)35-30(34-25)29-28-26(36-37-29)7-6-24(33-28)19-14-22(17-32-16-19)40-11-10-38-8-1-2-9-38/h3-7,12-17,39H,1-2,8-11H2,(H,34,35)(H,36,37). The molecule has 9 nitrogen and oxygen atoms in total. The molecule has 5 heterocycles. The second-order valence-electron chi connectivity index (χ2n) is 9.96. The zero-order valence-electron chi connectivity index (χ0n) is 21.6. The zero-order valence-corrected chi connectivity index (χ0v) is 21.6. The molecule has 0 spiro atoms. The third-order valence-corrected chi connectivity index (χ3v) is 7.22. The molecule has 0 radical (unpaired) electrons. The molecule has 0 bridgehead atoms. The monoisotopic (exact) mass is 535 g/mol. The third-order valence-electron chi connectivity index (χ3n) is 7.22. The number of phenolic OH excluding ortho intramolecular Hbond substituents is 1. The Morgan fingerprint density at radius 1 is 0.925 bits per heavy atom. The van der Waals surface area contributed by atoms with Crippen LogP contribution >= 0.6 is 0 Å². The van der Waals surface area contributed by atoms with E-state index in [4.69, 9.17) is 14.7 Å². The molecular weight excluding hydrogens is 509 g/mol. The summed E-state index contributed by atoms with van der Waals surface area (Å²) < 4.78 is 20.0. The van der Waals surface area contributed by atoms with Gasteiger partial charge in [0.1, 0.15) is 29.4 Å². The van der Waals surface area contributed by atoms with Gasteiger partial charge in [-0.15, -0.1) is 0 Å². The highest BCUT2D eigenvalue weighted by molar-refractivity contribution is 5.96. The maximum Gasteiger partial charge on any atom is 0.161 e. The Labute approximate surface area is 228 Å². The Morgan fingerprint density at radius 2 is 1.82 bits per heavy atom. The molecular formula is C30H26FN7O2. The van der Waals surface area contributed by atoms with E-state index in [1.165, 1.54) is 25.0 Å². The van der Waals surface area contributed by atoms with Crippen molar-refractivity contribution in [3.8, 4) is 45.4 Å². The van der Waals surface area contributed by atoms with E-state index in [-0.39, 0.29) is 5.75 Å². The molecule has 0 aliphatic carbocycles. The average Bonchev–Trinajstić information content (AvgIpc) is 3.71. The summed E-state index contributed by atoms with van der Waals surface area (Å²) in [7, 11) is 0. The number of ether oxygens (including phenoxy) is 1. The summed E-state index contributed by atoms with van der Waals surface area (Å²) in [5.41, 5.74) is 6.17. The van der Waals surface area contributed by atoms with Crippen LogP contribution in [0.5, 0.6) is 11.5 Å². The highest BCUT2D eigenvalue weighted by atomic mass is 19.1. The fourth-order valence-corrected chi connectivity index (χ4v) is 5.27. The molecule has 0 atom stereocenters. The summed E-state index contributed by atoms with van der Waals surface area (Å²) in [6.45, 7) is 3.80. The van der Waals surface area contributed by atoms with E-state index < -0.39 is 5.82 Å². The van der Waals surface area contributed by atoms with Gasteiger partial charge in [-0.25, -0.2) is 14.4 Å². The van der Waals surface area contributed by atoms with E-state index in [0.717, 1.165) is 48.0 Å². The molecule has 0 unspecified atom stereocenters. The highest BCUT2D eigenvalue weighted by Crippen LogP contribution is 2.33. The van der Waals surface area contributed by atoms with Crippen molar-refractivity contribution < 1.29 is 14.2 Å². The average molecular weight is 536 g/mol. The van der Waals surface area contributed by atoms with Crippen LogP contribution in [-0.2, 0) is 0 Å². The van der Waals surface area contributed by atoms with Crippen LogP contribution in [0.1, 0.15) is 12.8 Å². The first-order valence-electron chi connectivity index (χ1n) is 13.3. The lowest BCUT2D eigenvalue weighted by Crippen LogP contribution is -2.25. The number of hydrogen-bond acceptors (Lipinski definition) is 7. The maximum absolute atomic E-state index is 14.0.